The summed E-state index contributed by atoms with van der Waals surface area (Å²) in [5, 5.41) is 15.2. The first-order valence-corrected chi connectivity index (χ1v) is 7.48. The molecular weight excluding hydrogens is 278 g/mol. The maximum Gasteiger partial charge on any atom is 0.120 e. The van der Waals surface area contributed by atoms with E-state index < -0.39 is 6.10 Å². The molecule has 0 spiro atoms. The van der Waals surface area contributed by atoms with E-state index >= 15 is 0 Å². The average molecular weight is 301 g/mol. The average Bonchev–Trinajstić information content (AvgIpc) is 2.54. The summed E-state index contributed by atoms with van der Waals surface area (Å²) in [5.74, 6) is 0.857. The van der Waals surface area contributed by atoms with Gasteiger partial charge in [0.25, 0.3) is 0 Å². The van der Waals surface area contributed by atoms with Crippen molar-refractivity contribution < 1.29 is 14.6 Å². The van der Waals surface area contributed by atoms with Crippen molar-refractivity contribution in [1.82, 2.24) is 5.32 Å². The Morgan fingerprint density at radius 3 is 2.82 bits per heavy atom. The van der Waals surface area contributed by atoms with Crippen LogP contribution >= 0.6 is 0 Å². The van der Waals surface area contributed by atoms with Crippen molar-refractivity contribution in [3.63, 3.8) is 0 Å². The molecule has 0 fully saturated rings. The molecule has 22 heavy (non-hydrogen) atoms. The van der Waals surface area contributed by atoms with Crippen molar-refractivity contribution >= 4 is 10.8 Å². The first kappa shape index (κ1) is 16.5. The molecule has 0 aliphatic rings. The molecule has 2 N–H and O–H groups in total. The molecule has 0 aliphatic heterocycles. The Hall–Kier alpha value is -1.88. The maximum atomic E-state index is 9.65. The van der Waals surface area contributed by atoms with Gasteiger partial charge in [-0.2, -0.15) is 0 Å². The molecule has 0 aliphatic carbocycles. The van der Waals surface area contributed by atoms with Crippen molar-refractivity contribution in [2.75, 3.05) is 32.9 Å². The van der Waals surface area contributed by atoms with E-state index in [2.05, 4.69) is 30.1 Å². The third-order valence-corrected chi connectivity index (χ3v) is 3.19. The van der Waals surface area contributed by atoms with Gasteiger partial charge in [0.15, 0.2) is 0 Å². The van der Waals surface area contributed by atoms with Crippen LogP contribution in [-0.4, -0.2) is 44.1 Å². The Labute approximate surface area is 131 Å². The van der Waals surface area contributed by atoms with Crippen molar-refractivity contribution in [3.05, 3.63) is 55.1 Å². The second-order valence-corrected chi connectivity index (χ2v) is 5.04. The monoisotopic (exact) mass is 301 g/mol. The summed E-state index contributed by atoms with van der Waals surface area (Å²) in [6.07, 6.45) is 1.15. The molecule has 4 heteroatoms. The molecule has 2 rings (SSSR count). The minimum atomic E-state index is -0.513. The lowest BCUT2D eigenvalue weighted by Gasteiger charge is -2.12. The molecule has 0 saturated heterocycles. The molecule has 118 valence electrons. The van der Waals surface area contributed by atoms with Crippen LogP contribution in [0.4, 0.5) is 0 Å². The number of hydrogen-bond acceptors (Lipinski definition) is 4. The number of ether oxygens (including phenoxy) is 2. The largest absolute Gasteiger partial charge is 0.492 e. The van der Waals surface area contributed by atoms with Gasteiger partial charge in [0.1, 0.15) is 12.4 Å². The third kappa shape index (κ3) is 5.48. The zero-order chi connectivity index (χ0) is 15.6. The molecular formula is C18H23NO3. The van der Waals surface area contributed by atoms with Gasteiger partial charge in [-0.05, 0) is 22.9 Å². The fourth-order valence-electron chi connectivity index (χ4n) is 2.11. The van der Waals surface area contributed by atoms with Crippen molar-refractivity contribution in [2.45, 2.75) is 6.10 Å². The lowest BCUT2D eigenvalue weighted by molar-refractivity contribution is 0.0491. The van der Waals surface area contributed by atoms with Gasteiger partial charge in [0.05, 0.1) is 19.3 Å². The normalized spacial score (nSPS) is 12.2. The molecule has 0 heterocycles. The second-order valence-electron chi connectivity index (χ2n) is 5.04. The number of aliphatic hydroxyl groups excluding tert-OH is 1. The van der Waals surface area contributed by atoms with Crippen LogP contribution in [0.2, 0.25) is 0 Å². The van der Waals surface area contributed by atoms with E-state index in [1.54, 1.807) is 6.08 Å². The smallest absolute Gasteiger partial charge is 0.120 e. The summed E-state index contributed by atoms with van der Waals surface area (Å²) in [4.78, 5) is 0. The van der Waals surface area contributed by atoms with Gasteiger partial charge in [-0.1, -0.05) is 36.4 Å². The van der Waals surface area contributed by atoms with Gasteiger partial charge < -0.3 is 19.9 Å². The number of hydrogen-bond donors (Lipinski definition) is 2. The summed E-state index contributed by atoms with van der Waals surface area (Å²) >= 11 is 0. The predicted molar refractivity (Wildman–Crippen MR) is 89.3 cm³/mol. The molecule has 0 unspecified atom stereocenters. The Morgan fingerprint density at radius 2 is 2.00 bits per heavy atom. The van der Waals surface area contributed by atoms with Gasteiger partial charge in [-0.25, -0.2) is 0 Å². The zero-order valence-electron chi connectivity index (χ0n) is 12.7. The van der Waals surface area contributed by atoms with Gasteiger partial charge in [-0.15, -0.1) is 6.58 Å². The minimum Gasteiger partial charge on any atom is -0.492 e. The van der Waals surface area contributed by atoms with Gasteiger partial charge >= 0.3 is 0 Å². The van der Waals surface area contributed by atoms with E-state index in [0.717, 1.165) is 5.75 Å². The lowest BCUT2D eigenvalue weighted by Crippen LogP contribution is -2.32. The molecule has 2 aromatic rings. The van der Waals surface area contributed by atoms with Crippen molar-refractivity contribution in [2.24, 2.45) is 0 Å². The predicted octanol–water partition coefficient (Wildman–Crippen LogP) is 2.37. The summed E-state index contributed by atoms with van der Waals surface area (Å²) in [7, 11) is 0. The fourth-order valence-corrected chi connectivity index (χ4v) is 2.11. The number of rotatable bonds is 10. The molecule has 0 saturated carbocycles. The van der Waals surface area contributed by atoms with Crippen LogP contribution in [-0.2, 0) is 4.74 Å². The standard InChI is InChI=1S/C18H23NO3/c1-2-10-21-14-17(20)13-19-9-11-22-18-8-7-15-5-3-4-6-16(15)12-18/h2-8,12,17,19-20H,1,9-11,13-14H2/t17-/m0/s1. The quantitative estimate of drug-likeness (QED) is 0.522. The Morgan fingerprint density at radius 1 is 1.18 bits per heavy atom. The molecule has 0 bridgehead atoms. The Kier molecular flexibility index (Phi) is 6.90. The molecule has 0 aromatic heterocycles. The van der Waals surface area contributed by atoms with Crippen LogP contribution in [0.25, 0.3) is 10.8 Å². The Bertz CT molecular complexity index is 585. The first-order valence-electron chi connectivity index (χ1n) is 7.48. The first-order chi connectivity index (χ1) is 10.8. The molecule has 4 nitrogen and oxygen atoms in total. The zero-order valence-corrected chi connectivity index (χ0v) is 12.7. The summed E-state index contributed by atoms with van der Waals surface area (Å²) in [6, 6.07) is 14.3. The van der Waals surface area contributed by atoms with Crippen LogP contribution in [0.15, 0.2) is 55.1 Å². The summed E-state index contributed by atoms with van der Waals surface area (Å²) in [5.41, 5.74) is 0. The van der Waals surface area contributed by atoms with E-state index in [9.17, 15) is 5.11 Å². The van der Waals surface area contributed by atoms with Crippen LogP contribution in [0.3, 0.4) is 0 Å². The van der Waals surface area contributed by atoms with Gasteiger partial charge in [0.2, 0.25) is 0 Å². The van der Waals surface area contributed by atoms with Crippen LogP contribution in [0.5, 0.6) is 5.75 Å². The minimum absolute atomic E-state index is 0.310. The van der Waals surface area contributed by atoms with E-state index in [0.29, 0.717) is 32.9 Å². The van der Waals surface area contributed by atoms with Gasteiger partial charge in [0, 0.05) is 13.1 Å². The van der Waals surface area contributed by atoms with Crippen LogP contribution in [0, 0.1) is 0 Å². The van der Waals surface area contributed by atoms with E-state index in [4.69, 9.17) is 9.47 Å². The van der Waals surface area contributed by atoms with E-state index in [1.807, 2.05) is 24.3 Å². The summed E-state index contributed by atoms with van der Waals surface area (Å²) < 4.78 is 10.9. The number of aliphatic hydroxyl groups is 1. The topological polar surface area (TPSA) is 50.7 Å². The highest BCUT2D eigenvalue weighted by Crippen LogP contribution is 2.20. The third-order valence-electron chi connectivity index (χ3n) is 3.19. The van der Waals surface area contributed by atoms with E-state index in [-0.39, 0.29) is 0 Å². The van der Waals surface area contributed by atoms with Crippen LogP contribution in [0.1, 0.15) is 0 Å². The SMILES string of the molecule is C=CCOC[C@@H](O)CNCCOc1ccc2ccccc2c1. The number of fused-ring (bicyclic) bond motifs is 1. The lowest BCUT2D eigenvalue weighted by atomic mass is 10.1. The number of benzene rings is 2. The van der Waals surface area contributed by atoms with Crippen molar-refractivity contribution in [3.8, 4) is 5.75 Å². The van der Waals surface area contributed by atoms with Crippen LogP contribution < -0.4 is 10.1 Å². The highest BCUT2D eigenvalue weighted by atomic mass is 16.5. The second kappa shape index (κ2) is 9.20. The maximum absolute atomic E-state index is 9.65. The highest BCUT2D eigenvalue weighted by Gasteiger charge is 2.03. The molecule has 1 atom stereocenters. The van der Waals surface area contributed by atoms with Gasteiger partial charge in [-0.3, -0.25) is 0 Å². The van der Waals surface area contributed by atoms with Crippen molar-refractivity contribution in [1.29, 1.82) is 0 Å². The fraction of sp³-hybridized carbons (Fsp3) is 0.333. The molecule has 0 amide bonds. The molecule has 0 radical (unpaired) electrons. The number of nitrogens with one attached hydrogen (secondary N) is 1. The van der Waals surface area contributed by atoms with E-state index in [1.165, 1.54) is 10.8 Å². The Balaban J connectivity index is 1.64. The summed E-state index contributed by atoms with van der Waals surface area (Å²) in [6.45, 7) is 6.03. The highest BCUT2D eigenvalue weighted by molar-refractivity contribution is 5.83. The molecule has 2 aromatic carbocycles.